The van der Waals surface area contributed by atoms with Crippen LogP contribution in [0.4, 0.5) is 5.82 Å². The summed E-state index contributed by atoms with van der Waals surface area (Å²) in [5, 5.41) is 4.55. The molecular formula is C17H23N3O2. The van der Waals surface area contributed by atoms with E-state index in [4.69, 9.17) is 9.47 Å². The van der Waals surface area contributed by atoms with E-state index in [0.717, 1.165) is 47.5 Å². The van der Waals surface area contributed by atoms with Gasteiger partial charge in [0.15, 0.2) is 0 Å². The third kappa shape index (κ3) is 2.39. The van der Waals surface area contributed by atoms with Crippen LogP contribution in [0.5, 0.6) is 5.75 Å². The van der Waals surface area contributed by atoms with Crippen LogP contribution in [-0.2, 0) is 11.2 Å². The van der Waals surface area contributed by atoms with Gasteiger partial charge in [0, 0.05) is 12.0 Å². The van der Waals surface area contributed by atoms with Crippen LogP contribution in [0.1, 0.15) is 32.8 Å². The summed E-state index contributed by atoms with van der Waals surface area (Å²) in [7, 11) is 1.69. The van der Waals surface area contributed by atoms with Crippen molar-refractivity contribution in [3.8, 4) is 5.75 Å². The maximum Gasteiger partial charge on any atom is 0.148 e. The second kappa shape index (κ2) is 5.72. The van der Waals surface area contributed by atoms with Crippen LogP contribution >= 0.6 is 0 Å². The molecule has 2 heterocycles. The summed E-state index contributed by atoms with van der Waals surface area (Å²) in [6.45, 7) is 7.16. The fraction of sp³-hybridized carbons (Fsp3) is 0.529. The lowest BCUT2D eigenvalue weighted by Gasteiger charge is -2.30. The molecule has 1 aliphatic rings. The summed E-state index contributed by atoms with van der Waals surface area (Å²) in [6.07, 6.45) is 3.61. The van der Waals surface area contributed by atoms with Crippen molar-refractivity contribution < 1.29 is 9.47 Å². The smallest absolute Gasteiger partial charge is 0.148 e. The normalized spacial score (nSPS) is 24.6. The summed E-state index contributed by atoms with van der Waals surface area (Å²) in [5.74, 6) is 1.68. The zero-order valence-corrected chi connectivity index (χ0v) is 13.6. The Kier molecular flexibility index (Phi) is 3.91. The lowest BCUT2D eigenvalue weighted by molar-refractivity contribution is 0.105. The minimum atomic E-state index is -0.113. The minimum absolute atomic E-state index is 0.113. The molecule has 1 fully saturated rings. The van der Waals surface area contributed by atoms with Gasteiger partial charge < -0.3 is 14.8 Å². The first-order valence-electron chi connectivity index (χ1n) is 7.79. The molecule has 0 amide bonds. The largest absolute Gasteiger partial charge is 0.494 e. The van der Waals surface area contributed by atoms with E-state index in [1.54, 1.807) is 13.4 Å². The Morgan fingerprint density at radius 1 is 1.41 bits per heavy atom. The molecule has 3 rings (SSSR count). The number of nitrogens with zero attached hydrogens (tertiary/aromatic N) is 2. The Balaban J connectivity index is 2.08. The van der Waals surface area contributed by atoms with E-state index in [1.807, 2.05) is 0 Å². The molecular weight excluding hydrogens is 278 g/mol. The highest BCUT2D eigenvalue weighted by Gasteiger charge is 2.37. The fourth-order valence-corrected chi connectivity index (χ4v) is 3.02. The minimum Gasteiger partial charge on any atom is -0.494 e. The van der Waals surface area contributed by atoms with Crippen LogP contribution in [0.15, 0.2) is 18.5 Å². The molecule has 1 aromatic carbocycles. The number of nitrogens with one attached hydrogen (secondary N) is 1. The number of anilines is 1. The van der Waals surface area contributed by atoms with Crippen LogP contribution < -0.4 is 10.1 Å². The molecule has 0 bridgehead atoms. The second-order valence-corrected chi connectivity index (χ2v) is 6.04. The molecule has 1 saturated heterocycles. The SMILES string of the molecule is CCc1ccc2c(NC3(C)CCOC3C)ncnc2c1OC. The molecule has 5 nitrogen and oxygen atoms in total. The van der Waals surface area contributed by atoms with Crippen molar-refractivity contribution in [1.82, 2.24) is 9.97 Å². The summed E-state index contributed by atoms with van der Waals surface area (Å²) in [5.41, 5.74) is 1.90. The van der Waals surface area contributed by atoms with E-state index in [-0.39, 0.29) is 11.6 Å². The van der Waals surface area contributed by atoms with E-state index in [0.29, 0.717) is 0 Å². The molecule has 5 heteroatoms. The molecule has 118 valence electrons. The van der Waals surface area contributed by atoms with Crippen molar-refractivity contribution in [2.45, 2.75) is 45.3 Å². The van der Waals surface area contributed by atoms with Gasteiger partial charge in [-0.2, -0.15) is 0 Å². The Morgan fingerprint density at radius 3 is 2.86 bits per heavy atom. The second-order valence-electron chi connectivity index (χ2n) is 6.04. The van der Waals surface area contributed by atoms with Gasteiger partial charge in [-0.3, -0.25) is 0 Å². The highest BCUT2D eigenvalue weighted by Crippen LogP contribution is 2.35. The highest BCUT2D eigenvalue weighted by atomic mass is 16.5. The number of hydrogen-bond donors (Lipinski definition) is 1. The number of aromatic nitrogens is 2. The number of methoxy groups -OCH3 is 1. The molecule has 1 aliphatic heterocycles. The third-order valence-electron chi connectivity index (χ3n) is 4.72. The first-order valence-corrected chi connectivity index (χ1v) is 7.79. The molecule has 2 atom stereocenters. The predicted octanol–water partition coefficient (Wildman–Crippen LogP) is 3.18. The van der Waals surface area contributed by atoms with Crippen LogP contribution in [0.25, 0.3) is 10.9 Å². The molecule has 2 unspecified atom stereocenters. The molecule has 0 aliphatic carbocycles. The van der Waals surface area contributed by atoms with E-state index in [2.05, 4.69) is 48.2 Å². The molecule has 1 N–H and O–H groups in total. The third-order valence-corrected chi connectivity index (χ3v) is 4.72. The molecule has 0 saturated carbocycles. The summed E-state index contributed by atoms with van der Waals surface area (Å²) < 4.78 is 11.3. The van der Waals surface area contributed by atoms with Gasteiger partial charge in [-0.05, 0) is 38.3 Å². The van der Waals surface area contributed by atoms with Gasteiger partial charge in [0.25, 0.3) is 0 Å². The van der Waals surface area contributed by atoms with E-state index >= 15 is 0 Å². The number of rotatable bonds is 4. The van der Waals surface area contributed by atoms with Gasteiger partial charge in [0.05, 0.1) is 18.8 Å². The lowest BCUT2D eigenvalue weighted by Crippen LogP contribution is -2.41. The Hall–Kier alpha value is -1.88. The van der Waals surface area contributed by atoms with Crippen molar-refractivity contribution in [3.05, 3.63) is 24.0 Å². The van der Waals surface area contributed by atoms with Crippen molar-refractivity contribution >= 4 is 16.7 Å². The zero-order valence-electron chi connectivity index (χ0n) is 13.6. The first kappa shape index (κ1) is 15.0. The number of ether oxygens (including phenoxy) is 2. The van der Waals surface area contributed by atoms with Gasteiger partial charge in [0.1, 0.15) is 23.4 Å². The fourth-order valence-electron chi connectivity index (χ4n) is 3.02. The first-order chi connectivity index (χ1) is 10.6. The number of fused-ring (bicyclic) bond motifs is 1. The van der Waals surface area contributed by atoms with E-state index < -0.39 is 0 Å². The van der Waals surface area contributed by atoms with Gasteiger partial charge in [-0.25, -0.2) is 9.97 Å². The van der Waals surface area contributed by atoms with Gasteiger partial charge >= 0.3 is 0 Å². The maximum atomic E-state index is 5.70. The molecule has 2 aromatic rings. The van der Waals surface area contributed by atoms with Crippen molar-refractivity contribution in [2.24, 2.45) is 0 Å². The summed E-state index contributed by atoms with van der Waals surface area (Å²) in [6, 6.07) is 4.16. The van der Waals surface area contributed by atoms with E-state index in [9.17, 15) is 0 Å². The average molecular weight is 301 g/mol. The predicted molar refractivity (Wildman–Crippen MR) is 87.5 cm³/mol. The molecule has 1 aromatic heterocycles. The number of hydrogen-bond acceptors (Lipinski definition) is 5. The van der Waals surface area contributed by atoms with Crippen molar-refractivity contribution in [3.63, 3.8) is 0 Å². The molecule has 22 heavy (non-hydrogen) atoms. The Bertz CT molecular complexity index is 689. The standard InChI is InChI=1S/C17H23N3O2/c1-5-12-6-7-13-14(15(12)21-4)18-10-19-16(13)20-17(3)8-9-22-11(17)2/h6-7,10-11H,5,8-9H2,1-4H3,(H,18,19,20). The maximum absolute atomic E-state index is 5.70. The Morgan fingerprint density at radius 2 is 2.23 bits per heavy atom. The van der Waals surface area contributed by atoms with Crippen LogP contribution in [-0.4, -0.2) is 35.3 Å². The van der Waals surface area contributed by atoms with Crippen molar-refractivity contribution in [2.75, 3.05) is 19.0 Å². The Labute approximate surface area is 131 Å². The van der Waals surface area contributed by atoms with Crippen LogP contribution in [0, 0.1) is 0 Å². The zero-order chi connectivity index (χ0) is 15.7. The van der Waals surface area contributed by atoms with Crippen LogP contribution in [0.2, 0.25) is 0 Å². The molecule has 0 spiro atoms. The number of benzene rings is 1. The van der Waals surface area contributed by atoms with Gasteiger partial charge in [-0.1, -0.05) is 13.0 Å². The molecule has 0 radical (unpaired) electrons. The highest BCUT2D eigenvalue weighted by molar-refractivity contribution is 5.94. The van der Waals surface area contributed by atoms with Crippen molar-refractivity contribution in [1.29, 1.82) is 0 Å². The monoisotopic (exact) mass is 301 g/mol. The quantitative estimate of drug-likeness (QED) is 0.940. The van der Waals surface area contributed by atoms with Crippen LogP contribution in [0.3, 0.4) is 0 Å². The van der Waals surface area contributed by atoms with Gasteiger partial charge in [0.2, 0.25) is 0 Å². The topological polar surface area (TPSA) is 56.3 Å². The van der Waals surface area contributed by atoms with E-state index in [1.165, 1.54) is 0 Å². The summed E-state index contributed by atoms with van der Waals surface area (Å²) >= 11 is 0. The number of aryl methyl sites for hydroxylation is 1. The average Bonchev–Trinajstić information content (AvgIpc) is 2.85. The van der Waals surface area contributed by atoms with Gasteiger partial charge in [-0.15, -0.1) is 0 Å². The summed E-state index contributed by atoms with van der Waals surface area (Å²) in [4.78, 5) is 8.88. The lowest BCUT2D eigenvalue weighted by atomic mass is 9.94.